The van der Waals surface area contributed by atoms with Gasteiger partial charge in [-0.05, 0) is 59.7 Å². The van der Waals surface area contributed by atoms with Crippen molar-refractivity contribution in [2.24, 2.45) is 5.10 Å². The lowest BCUT2D eigenvalue weighted by Gasteiger charge is -2.06. The highest BCUT2D eigenvalue weighted by Gasteiger charge is 2.06. The third-order valence-corrected chi connectivity index (χ3v) is 4.06. The predicted molar refractivity (Wildman–Crippen MR) is 103 cm³/mol. The van der Waals surface area contributed by atoms with Crippen molar-refractivity contribution in [1.82, 2.24) is 14.9 Å². The standard InChI is InChI=1S/C19H18N4O4S/c1-26-15-6-2-13(3-7-15)10-17-21-22-19(28)23(17)20-11-14-4-8-16(9-5-14)27-12-18(24)25/h2-9,11H,10,12H2,1H3,(H,22,28)(H,24,25)/p-1/b20-11-. The van der Waals surface area contributed by atoms with Gasteiger partial charge in [0, 0.05) is 6.42 Å². The Kier molecular flexibility index (Phi) is 6.18. The van der Waals surface area contributed by atoms with Gasteiger partial charge in [0.25, 0.3) is 0 Å². The Morgan fingerprint density at radius 1 is 1.21 bits per heavy atom. The average Bonchev–Trinajstić information content (AvgIpc) is 3.05. The number of aliphatic carboxylic acids is 1. The van der Waals surface area contributed by atoms with E-state index in [4.69, 9.17) is 21.7 Å². The lowest BCUT2D eigenvalue weighted by atomic mass is 10.1. The number of nitrogens with zero attached hydrogens (tertiary/aromatic N) is 3. The molecule has 0 aliphatic carbocycles. The quantitative estimate of drug-likeness (QED) is 0.457. The summed E-state index contributed by atoms with van der Waals surface area (Å²) in [6.45, 7) is -0.494. The molecule has 9 heteroatoms. The van der Waals surface area contributed by atoms with Crippen LogP contribution in [-0.2, 0) is 11.2 Å². The summed E-state index contributed by atoms with van der Waals surface area (Å²) in [4.78, 5) is 10.4. The number of hydrogen-bond acceptors (Lipinski definition) is 7. The normalized spacial score (nSPS) is 10.9. The molecule has 2 aromatic carbocycles. The molecule has 0 atom stereocenters. The molecule has 3 rings (SSSR count). The van der Waals surface area contributed by atoms with Gasteiger partial charge in [-0.3, -0.25) is 5.10 Å². The molecule has 0 saturated carbocycles. The fraction of sp³-hybridized carbons (Fsp3) is 0.158. The third kappa shape index (κ3) is 5.04. The zero-order chi connectivity index (χ0) is 19.9. The van der Waals surface area contributed by atoms with Crippen molar-refractivity contribution in [2.45, 2.75) is 6.42 Å². The molecular weight excluding hydrogens is 380 g/mol. The maximum Gasteiger partial charge on any atom is 0.216 e. The second kappa shape index (κ2) is 8.96. The van der Waals surface area contributed by atoms with E-state index in [1.54, 1.807) is 42.3 Å². The number of carboxylic acids is 1. The number of ether oxygens (including phenoxy) is 2. The van der Waals surface area contributed by atoms with Crippen LogP contribution in [0.4, 0.5) is 0 Å². The lowest BCUT2D eigenvalue weighted by Crippen LogP contribution is -2.28. The predicted octanol–water partition coefficient (Wildman–Crippen LogP) is 1.55. The highest BCUT2D eigenvalue weighted by atomic mass is 32.1. The molecule has 3 aromatic rings. The van der Waals surface area contributed by atoms with Crippen LogP contribution in [0.25, 0.3) is 0 Å². The molecule has 0 amide bonds. The van der Waals surface area contributed by atoms with E-state index in [1.807, 2.05) is 24.3 Å². The van der Waals surface area contributed by atoms with Crippen LogP contribution < -0.4 is 14.6 Å². The number of carboxylic acid groups (broad SMARTS) is 1. The summed E-state index contributed by atoms with van der Waals surface area (Å²) in [7, 11) is 1.62. The molecule has 0 radical (unpaired) electrons. The van der Waals surface area contributed by atoms with E-state index in [2.05, 4.69) is 15.3 Å². The zero-order valence-electron chi connectivity index (χ0n) is 15.0. The Labute approximate surface area is 166 Å². The molecule has 0 aliphatic rings. The Bertz CT molecular complexity index is 1020. The summed E-state index contributed by atoms with van der Waals surface area (Å²) < 4.78 is 12.1. The summed E-state index contributed by atoms with van der Waals surface area (Å²) in [5.41, 5.74) is 1.83. The number of hydrogen-bond donors (Lipinski definition) is 1. The minimum absolute atomic E-state index is 0.383. The number of H-pyrrole nitrogens is 1. The van der Waals surface area contributed by atoms with Crippen molar-refractivity contribution in [2.75, 3.05) is 13.7 Å². The van der Waals surface area contributed by atoms with Crippen molar-refractivity contribution in [3.63, 3.8) is 0 Å². The maximum absolute atomic E-state index is 10.4. The number of nitrogens with one attached hydrogen (secondary N) is 1. The molecule has 0 unspecified atom stereocenters. The smallest absolute Gasteiger partial charge is 0.216 e. The summed E-state index contributed by atoms with van der Waals surface area (Å²) >= 11 is 5.25. The Hall–Kier alpha value is -3.46. The fourth-order valence-corrected chi connectivity index (χ4v) is 2.60. The number of benzene rings is 2. The van der Waals surface area contributed by atoms with Crippen molar-refractivity contribution in [3.8, 4) is 11.5 Å². The van der Waals surface area contributed by atoms with E-state index >= 15 is 0 Å². The summed E-state index contributed by atoms with van der Waals surface area (Å²) in [5.74, 6) is 0.610. The van der Waals surface area contributed by atoms with Crippen LogP contribution in [0.1, 0.15) is 17.0 Å². The highest BCUT2D eigenvalue weighted by molar-refractivity contribution is 7.71. The van der Waals surface area contributed by atoms with Gasteiger partial charge in [0.15, 0.2) is 5.82 Å². The van der Waals surface area contributed by atoms with Gasteiger partial charge >= 0.3 is 0 Å². The van der Waals surface area contributed by atoms with Gasteiger partial charge in [-0.2, -0.15) is 14.9 Å². The van der Waals surface area contributed by atoms with Crippen LogP contribution in [0.2, 0.25) is 0 Å². The SMILES string of the molecule is COc1ccc(Cc2n[nH]c(=S)n2/N=C\c2ccc(OCC(=O)[O-])cc2)cc1. The van der Waals surface area contributed by atoms with Crippen LogP contribution in [-0.4, -0.2) is 40.8 Å². The van der Waals surface area contributed by atoms with E-state index in [-0.39, 0.29) is 0 Å². The zero-order valence-corrected chi connectivity index (χ0v) is 15.8. The number of aromatic amines is 1. The van der Waals surface area contributed by atoms with Crippen LogP contribution in [0.3, 0.4) is 0 Å². The topological polar surface area (TPSA) is 105 Å². The van der Waals surface area contributed by atoms with E-state index in [0.717, 1.165) is 16.9 Å². The van der Waals surface area contributed by atoms with E-state index in [1.165, 1.54) is 0 Å². The van der Waals surface area contributed by atoms with Crippen molar-refractivity contribution in [1.29, 1.82) is 0 Å². The molecule has 0 aliphatic heterocycles. The lowest BCUT2D eigenvalue weighted by molar-refractivity contribution is -0.307. The van der Waals surface area contributed by atoms with Crippen LogP contribution in [0.15, 0.2) is 53.6 Å². The molecule has 0 bridgehead atoms. The second-order valence-corrected chi connectivity index (χ2v) is 6.14. The molecule has 0 spiro atoms. The first-order chi connectivity index (χ1) is 13.5. The molecule has 1 aromatic heterocycles. The van der Waals surface area contributed by atoms with Crippen molar-refractivity contribution in [3.05, 3.63) is 70.3 Å². The molecule has 1 N–H and O–H groups in total. The monoisotopic (exact) mass is 397 g/mol. The van der Waals surface area contributed by atoms with Gasteiger partial charge < -0.3 is 19.4 Å². The number of carbonyl (C=O) groups excluding carboxylic acids is 1. The fourth-order valence-electron chi connectivity index (χ4n) is 2.40. The second-order valence-electron chi connectivity index (χ2n) is 5.76. The largest absolute Gasteiger partial charge is 0.546 e. The first kappa shape index (κ1) is 19.3. The molecular formula is C19H17N4O4S-. The third-order valence-electron chi connectivity index (χ3n) is 3.80. The van der Waals surface area contributed by atoms with Gasteiger partial charge in [0.2, 0.25) is 4.77 Å². The molecule has 144 valence electrons. The van der Waals surface area contributed by atoms with Gasteiger partial charge in [-0.1, -0.05) is 12.1 Å². The Balaban J connectivity index is 1.72. The summed E-state index contributed by atoms with van der Waals surface area (Å²) in [6, 6.07) is 14.5. The summed E-state index contributed by atoms with van der Waals surface area (Å²) in [5, 5.41) is 21.8. The minimum atomic E-state index is -1.27. The van der Waals surface area contributed by atoms with Crippen molar-refractivity contribution >= 4 is 24.4 Å². The van der Waals surface area contributed by atoms with E-state index in [0.29, 0.717) is 22.8 Å². The Morgan fingerprint density at radius 3 is 2.54 bits per heavy atom. The van der Waals surface area contributed by atoms with Crippen LogP contribution in [0.5, 0.6) is 11.5 Å². The molecule has 28 heavy (non-hydrogen) atoms. The highest BCUT2D eigenvalue weighted by Crippen LogP contribution is 2.15. The number of rotatable bonds is 8. The number of aromatic nitrogens is 3. The first-order valence-electron chi connectivity index (χ1n) is 8.31. The molecule has 0 saturated heterocycles. The first-order valence-corrected chi connectivity index (χ1v) is 8.72. The average molecular weight is 397 g/mol. The number of methoxy groups -OCH3 is 1. The molecule has 0 fully saturated rings. The minimum Gasteiger partial charge on any atom is -0.546 e. The maximum atomic E-state index is 10.4. The summed E-state index contributed by atoms with van der Waals surface area (Å²) in [6.07, 6.45) is 2.18. The molecule has 1 heterocycles. The van der Waals surface area contributed by atoms with Crippen molar-refractivity contribution < 1.29 is 19.4 Å². The molecule has 8 nitrogen and oxygen atoms in total. The van der Waals surface area contributed by atoms with E-state index in [9.17, 15) is 9.90 Å². The van der Waals surface area contributed by atoms with Gasteiger partial charge in [-0.25, -0.2) is 0 Å². The number of carbonyl (C=O) groups is 1. The van der Waals surface area contributed by atoms with Crippen LogP contribution in [0, 0.1) is 4.77 Å². The van der Waals surface area contributed by atoms with Crippen LogP contribution >= 0.6 is 12.2 Å². The van der Waals surface area contributed by atoms with Gasteiger partial charge in [0.05, 0.1) is 19.3 Å². The Morgan fingerprint density at radius 2 is 1.89 bits per heavy atom. The van der Waals surface area contributed by atoms with Gasteiger partial charge in [0.1, 0.15) is 18.1 Å². The van der Waals surface area contributed by atoms with Gasteiger partial charge in [-0.15, -0.1) is 0 Å². The van der Waals surface area contributed by atoms with E-state index < -0.39 is 12.6 Å².